The molecular weight excluding hydrogens is 256 g/mol. The summed E-state index contributed by atoms with van der Waals surface area (Å²) in [5, 5.41) is 0. The van der Waals surface area contributed by atoms with E-state index in [-0.39, 0.29) is 0 Å². The van der Waals surface area contributed by atoms with Crippen molar-refractivity contribution in [2.45, 2.75) is 83.5 Å². The highest BCUT2D eigenvalue weighted by molar-refractivity contribution is 6.76. The van der Waals surface area contributed by atoms with E-state index in [9.17, 15) is 0 Å². The number of fused-ring (bicyclic) bond motifs is 1. The van der Waals surface area contributed by atoms with Gasteiger partial charge in [0.05, 0.1) is 0 Å². The molecule has 0 heterocycles. The molecule has 0 unspecified atom stereocenters. The molecule has 1 heteroatoms. The minimum absolute atomic E-state index is 0.347. The maximum atomic E-state index is 2.52. The first kappa shape index (κ1) is 15.8. The van der Waals surface area contributed by atoms with Gasteiger partial charge >= 0.3 is 0 Å². The quantitative estimate of drug-likeness (QED) is 0.606. The maximum absolute atomic E-state index is 2.52. The molecule has 0 aromatic heterocycles. The van der Waals surface area contributed by atoms with Crippen molar-refractivity contribution in [2.24, 2.45) is 0 Å². The van der Waals surface area contributed by atoms with Gasteiger partial charge in [0.25, 0.3) is 0 Å². The average molecular weight is 289 g/mol. The maximum Gasteiger partial charge on any atom is 0.0445 e. The number of hydrogen-bond donors (Lipinski definition) is 0. The van der Waals surface area contributed by atoms with Crippen molar-refractivity contribution in [1.82, 2.24) is 0 Å². The SMILES string of the molecule is CC1(C)CCC(C)(C)c2cc(CC[Si](C)(C)C)ccc21. The Kier molecular flexibility index (Phi) is 3.97. The van der Waals surface area contributed by atoms with Gasteiger partial charge in [0.2, 0.25) is 0 Å². The molecule has 0 atom stereocenters. The molecule has 1 aromatic carbocycles. The Morgan fingerprint density at radius 2 is 1.45 bits per heavy atom. The number of hydrogen-bond acceptors (Lipinski definition) is 0. The lowest BCUT2D eigenvalue weighted by Crippen LogP contribution is -2.34. The zero-order chi connectivity index (χ0) is 15.2. The van der Waals surface area contributed by atoms with Crippen molar-refractivity contribution in [3.63, 3.8) is 0 Å². The molecular formula is C19H32Si. The third-order valence-electron chi connectivity index (χ3n) is 5.08. The van der Waals surface area contributed by atoms with Crippen LogP contribution in [0.25, 0.3) is 0 Å². The molecule has 1 aromatic rings. The topological polar surface area (TPSA) is 0 Å². The molecule has 0 N–H and O–H groups in total. The number of aryl methyl sites for hydroxylation is 1. The fourth-order valence-electron chi connectivity index (χ4n) is 3.31. The van der Waals surface area contributed by atoms with E-state index >= 15 is 0 Å². The van der Waals surface area contributed by atoms with E-state index < -0.39 is 8.07 Å². The Morgan fingerprint density at radius 1 is 0.900 bits per heavy atom. The summed E-state index contributed by atoms with van der Waals surface area (Å²) >= 11 is 0. The predicted molar refractivity (Wildman–Crippen MR) is 93.6 cm³/mol. The van der Waals surface area contributed by atoms with Crippen LogP contribution in [0.3, 0.4) is 0 Å². The average Bonchev–Trinajstić information content (AvgIpc) is 2.32. The highest BCUT2D eigenvalue weighted by Crippen LogP contribution is 2.45. The van der Waals surface area contributed by atoms with Crippen LogP contribution in [-0.2, 0) is 17.3 Å². The largest absolute Gasteiger partial charge is 0.0695 e. The molecule has 0 aliphatic heterocycles. The Bertz CT molecular complexity index is 489. The lowest BCUT2D eigenvalue weighted by atomic mass is 9.63. The van der Waals surface area contributed by atoms with Crippen molar-refractivity contribution in [3.8, 4) is 0 Å². The van der Waals surface area contributed by atoms with Gasteiger partial charge in [-0.1, -0.05) is 71.6 Å². The lowest BCUT2D eigenvalue weighted by Gasteiger charge is -2.42. The first-order valence-electron chi connectivity index (χ1n) is 8.15. The molecule has 0 saturated carbocycles. The van der Waals surface area contributed by atoms with E-state index in [1.165, 1.54) is 25.3 Å². The van der Waals surface area contributed by atoms with Gasteiger partial charge in [-0.2, -0.15) is 0 Å². The summed E-state index contributed by atoms with van der Waals surface area (Å²) in [7, 11) is -0.940. The summed E-state index contributed by atoms with van der Waals surface area (Å²) in [6.07, 6.45) is 3.88. The molecule has 0 amide bonds. The zero-order valence-corrected chi connectivity index (χ0v) is 15.6. The standard InChI is InChI=1S/C19H32Si/c1-18(2)11-12-19(3,4)17-14-15(8-9-16(17)18)10-13-20(5,6)7/h8-9,14H,10-13H2,1-7H3. The molecule has 0 radical (unpaired) electrons. The van der Waals surface area contributed by atoms with Crippen LogP contribution >= 0.6 is 0 Å². The third-order valence-corrected chi connectivity index (χ3v) is 6.83. The molecule has 0 bridgehead atoms. The fraction of sp³-hybridized carbons (Fsp3) is 0.684. The molecule has 0 nitrogen and oxygen atoms in total. The van der Waals surface area contributed by atoms with Crippen LogP contribution in [0.15, 0.2) is 18.2 Å². The van der Waals surface area contributed by atoms with E-state index in [4.69, 9.17) is 0 Å². The molecule has 0 spiro atoms. The Hall–Kier alpha value is -0.563. The van der Waals surface area contributed by atoms with Crippen LogP contribution in [0.1, 0.15) is 57.2 Å². The van der Waals surface area contributed by atoms with E-state index in [0.717, 1.165) is 0 Å². The number of rotatable bonds is 3. The molecule has 1 aliphatic carbocycles. The Labute approximate surface area is 127 Å². The van der Waals surface area contributed by atoms with Crippen molar-refractivity contribution < 1.29 is 0 Å². The van der Waals surface area contributed by atoms with Crippen molar-refractivity contribution in [3.05, 3.63) is 34.9 Å². The molecule has 2 rings (SSSR count). The smallest absolute Gasteiger partial charge is 0.0445 e. The Morgan fingerprint density at radius 3 is 2.00 bits per heavy atom. The summed E-state index contributed by atoms with van der Waals surface area (Å²) in [6, 6.07) is 8.74. The van der Waals surface area contributed by atoms with Gasteiger partial charge in [-0.3, -0.25) is 0 Å². The first-order chi connectivity index (χ1) is 9.01. The molecule has 0 fully saturated rings. The van der Waals surface area contributed by atoms with E-state index in [0.29, 0.717) is 10.8 Å². The summed E-state index contributed by atoms with van der Waals surface area (Å²) < 4.78 is 0. The second-order valence-corrected chi connectivity index (χ2v) is 14.8. The molecule has 112 valence electrons. The minimum atomic E-state index is -0.940. The predicted octanol–water partition coefficient (Wildman–Crippen LogP) is 5.92. The summed E-state index contributed by atoms with van der Waals surface area (Å²) in [4.78, 5) is 0. The van der Waals surface area contributed by atoms with Crippen LogP contribution < -0.4 is 0 Å². The van der Waals surface area contributed by atoms with Crippen LogP contribution in [0, 0.1) is 0 Å². The first-order valence-corrected chi connectivity index (χ1v) is 11.9. The summed E-state index contributed by atoms with van der Waals surface area (Å²) in [6.45, 7) is 17.1. The Balaban J connectivity index is 2.34. The highest BCUT2D eigenvalue weighted by atomic mass is 28.3. The van der Waals surface area contributed by atoms with Gasteiger partial charge in [0.15, 0.2) is 0 Å². The van der Waals surface area contributed by atoms with E-state index in [2.05, 4.69) is 65.5 Å². The van der Waals surface area contributed by atoms with Crippen LogP contribution in [0.5, 0.6) is 0 Å². The number of benzene rings is 1. The monoisotopic (exact) mass is 288 g/mol. The van der Waals surface area contributed by atoms with Gasteiger partial charge in [0, 0.05) is 8.07 Å². The highest BCUT2D eigenvalue weighted by Gasteiger charge is 2.36. The van der Waals surface area contributed by atoms with Gasteiger partial charge < -0.3 is 0 Å². The van der Waals surface area contributed by atoms with Crippen molar-refractivity contribution in [2.75, 3.05) is 0 Å². The molecule has 1 aliphatic rings. The van der Waals surface area contributed by atoms with Crippen LogP contribution in [0.2, 0.25) is 25.7 Å². The zero-order valence-electron chi connectivity index (χ0n) is 14.6. The van der Waals surface area contributed by atoms with E-state index in [1.807, 2.05) is 0 Å². The van der Waals surface area contributed by atoms with Crippen molar-refractivity contribution in [1.29, 1.82) is 0 Å². The lowest BCUT2D eigenvalue weighted by molar-refractivity contribution is 0.331. The van der Waals surface area contributed by atoms with Crippen LogP contribution in [-0.4, -0.2) is 8.07 Å². The fourth-order valence-corrected chi connectivity index (χ4v) is 4.35. The molecule has 20 heavy (non-hydrogen) atoms. The minimum Gasteiger partial charge on any atom is -0.0695 e. The van der Waals surface area contributed by atoms with Gasteiger partial charge in [0.1, 0.15) is 0 Å². The van der Waals surface area contributed by atoms with Gasteiger partial charge in [-0.15, -0.1) is 0 Å². The van der Waals surface area contributed by atoms with Crippen molar-refractivity contribution >= 4 is 8.07 Å². The summed E-state index contributed by atoms with van der Waals surface area (Å²) in [5.41, 5.74) is 5.45. The second-order valence-electron chi connectivity index (χ2n) is 9.21. The summed E-state index contributed by atoms with van der Waals surface area (Å²) in [5.74, 6) is 0. The second kappa shape index (κ2) is 5.01. The third kappa shape index (κ3) is 3.36. The van der Waals surface area contributed by atoms with E-state index in [1.54, 1.807) is 16.7 Å². The molecule has 0 saturated heterocycles. The normalized spacial score (nSPS) is 20.6. The van der Waals surface area contributed by atoms with Crippen LogP contribution in [0.4, 0.5) is 0 Å². The van der Waals surface area contributed by atoms with Gasteiger partial charge in [-0.25, -0.2) is 0 Å². The van der Waals surface area contributed by atoms with Gasteiger partial charge in [-0.05, 0) is 46.8 Å².